The Balaban J connectivity index is 1.94. The molecule has 0 spiro atoms. The molecule has 0 radical (unpaired) electrons. The maximum Gasteiger partial charge on any atom is 0.308 e. The normalized spacial score (nSPS) is 18.1. The number of para-hydroxylation sites is 1. The van der Waals surface area contributed by atoms with Gasteiger partial charge in [0.15, 0.2) is 0 Å². The summed E-state index contributed by atoms with van der Waals surface area (Å²) in [5.41, 5.74) is 0.0268. The van der Waals surface area contributed by atoms with E-state index in [1.807, 2.05) is 0 Å². The summed E-state index contributed by atoms with van der Waals surface area (Å²) in [6.07, 6.45) is -0.109. The van der Waals surface area contributed by atoms with E-state index in [1.54, 1.807) is 6.07 Å². The average molecular weight is 280 g/mol. The van der Waals surface area contributed by atoms with Crippen LogP contribution >= 0.6 is 0 Å². The number of anilines is 1. The molecule has 0 bridgehead atoms. The Morgan fingerprint density at radius 2 is 2.10 bits per heavy atom. The first-order chi connectivity index (χ1) is 9.47. The molecular weight excluding hydrogens is 267 g/mol. The quantitative estimate of drug-likeness (QED) is 0.850. The number of halogens is 1. The summed E-state index contributed by atoms with van der Waals surface area (Å²) in [5, 5.41) is 11.2. The number of carbonyl (C=O) groups excluding carboxylic acids is 2. The van der Waals surface area contributed by atoms with E-state index < -0.39 is 23.6 Å². The SMILES string of the molecule is O=C(CN1CC(C(=O)O)CC1=O)Nc1ccccc1F. The van der Waals surface area contributed by atoms with Gasteiger partial charge in [-0.05, 0) is 12.1 Å². The van der Waals surface area contributed by atoms with Crippen LogP contribution in [0.3, 0.4) is 0 Å². The zero-order valence-electron chi connectivity index (χ0n) is 10.5. The second-order valence-corrected chi connectivity index (χ2v) is 4.54. The van der Waals surface area contributed by atoms with Crippen molar-refractivity contribution in [3.63, 3.8) is 0 Å². The van der Waals surface area contributed by atoms with Crippen molar-refractivity contribution >= 4 is 23.5 Å². The number of hydrogen-bond acceptors (Lipinski definition) is 3. The summed E-state index contributed by atoms with van der Waals surface area (Å²) >= 11 is 0. The zero-order chi connectivity index (χ0) is 14.7. The van der Waals surface area contributed by atoms with Crippen LogP contribution in [-0.2, 0) is 14.4 Å². The van der Waals surface area contributed by atoms with E-state index in [9.17, 15) is 18.8 Å². The lowest BCUT2D eigenvalue weighted by Crippen LogP contribution is -2.35. The highest BCUT2D eigenvalue weighted by Crippen LogP contribution is 2.18. The molecule has 1 aromatic carbocycles. The molecule has 1 saturated heterocycles. The Hall–Kier alpha value is -2.44. The second-order valence-electron chi connectivity index (χ2n) is 4.54. The fraction of sp³-hybridized carbons (Fsp3) is 0.308. The summed E-state index contributed by atoms with van der Waals surface area (Å²) in [4.78, 5) is 35.2. The monoisotopic (exact) mass is 280 g/mol. The van der Waals surface area contributed by atoms with E-state index in [1.165, 1.54) is 18.2 Å². The molecule has 2 rings (SSSR count). The van der Waals surface area contributed by atoms with Gasteiger partial charge >= 0.3 is 5.97 Å². The van der Waals surface area contributed by atoms with Gasteiger partial charge in [-0.1, -0.05) is 12.1 Å². The van der Waals surface area contributed by atoms with Crippen LogP contribution in [-0.4, -0.2) is 40.9 Å². The number of carboxylic acid groups (broad SMARTS) is 1. The lowest BCUT2D eigenvalue weighted by atomic mass is 10.1. The minimum Gasteiger partial charge on any atom is -0.481 e. The van der Waals surface area contributed by atoms with E-state index in [4.69, 9.17) is 5.11 Å². The number of amides is 2. The van der Waals surface area contributed by atoms with Crippen molar-refractivity contribution in [1.29, 1.82) is 0 Å². The number of likely N-dealkylation sites (tertiary alicyclic amines) is 1. The number of carboxylic acids is 1. The van der Waals surface area contributed by atoms with Gasteiger partial charge in [-0.25, -0.2) is 4.39 Å². The molecule has 7 heteroatoms. The number of aliphatic carboxylic acids is 1. The van der Waals surface area contributed by atoms with Crippen molar-refractivity contribution in [3.05, 3.63) is 30.1 Å². The predicted molar refractivity (Wildman–Crippen MR) is 67.4 cm³/mol. The molecule has 1 aromatic rings. The number of carbonyl (C=O) groups is 3. The maximum atomic E-state index is 13.3. The van der Waals surface area contributed by atoms with E-state index in [-0.39, 0.29) is 31.1 Å². The Morgan fingerprint density at radius 3 is 2.70 bits per heavy atom. The van der Waals surface area contributed by atoms with E-state index in [0.717, 1.165) is 4.90 Å². The number of nitrogens with one attached hydrogen (secondary N) is 1. The van der Waals surface area contributed by atoms with Crippen LogP contribution in [0.2, 0.25) is 0 Å². The van der Waals surface area contributed by atoms with Crippen molar-refractivity contribution in [1.82, 2.24) is 4.90 Å². The molecule has 20 heavy (non-hydrogen) atoms. The first-order valence-electron chi connectivity index (χ1n) is 6.02. The van der Waals surface area contributed by atoms with Gasteiger partial charge in [0.05, 0.1) is 18.2 Å². The van der Waals surface area contributed by atoms with Crippen LogP contribution in [0.5, 0.6) is 0 Å². The first-order valence-corrected chi connectivity index (χ1v) is 6.02. The highest BCUT2D eigenvalue weighted by molar-refractivity contribution is 5.96. The topological polar surface area (TPSA) is 86.7 Å². The minimum absolute atomic E-state index is 0.00113. The van der Waals surface area contributed by atoms with E-state index in [2.05, 4.69) is 5.32 Å². The fourth-order valence-corrected chi connectivity index (χ4v) is 2.02. The van der Waals surface area contributed by atoms with Gasteiger partial charge in [-0.15, -0.1) is 0 Å². The minimum atomic E-state index is -1.06. The molecule has 1 unspecified atom stereocenters. The van der Waals surface area contributed by atoms with Crippen LogP contribution in [0.1, 0.15) is 6.42 Å². The number of nitrogens with zero attached hydrogens (tertiary/aromatic N) is 1. The third-order valence-electron chi connectivity index (χ3n) is 3.05. The Bertz CT molecular complexity index is 561. The van der Waals surface area contributed by atoms with Crippen LogP contribution in [0, 0.1) is 11.7 Å². The van der Waals surface area contributed by atoms with Gasteiger partial charge in [-0.2, -0.15) is 0 Å². The Labute approximate surface area is 114 Å². The summed E-state index contributed by atoms with van der Waals surface area (Å²) in [7, 11) is 0. The first kappa shape index (κ1) is 14.0. The van der Waals surface area contributed by atoms with Crippen molar-refractivity contribution in [2.75, 3.05) is 18.4 Å². The lowest BCUT2D eigenvalue weighted by molar-refractivity contribution is -0.141. The van der Waals surface area contributed by atoms with E-state index in [0.29, 0.717) is 0 Å². The number of hydrogen-bond donors (Lipinski definition) is 2. The van der Waals surface area contributed by atoms with Crippen molar-refractivity contribution < 1.29 is 23.9 Å². The summed E-state index contributed by atoms with van der Waals surface area (Å²) < 4.78 is 13.3. The van der Waals surface area contributed by atoms with Crippen molar-refractivity contribution in [3.8, 4) is 0 Å². The molecule has 1 heterocycles. The molecule has 2 amide bonds. The standard InChI is InChI=1S/C13H13FN2O4/c14-9-3-1-2-4-10(9)15-11(17)7-16-6-8(13(19)20)5-12(16)18/h1-4,8H,5-7H2,(H,15,17)(H,19,20). The third kappa shape index (κ3) is 3.11. The molecular formula is C13H13FN2O4. The van der Waals surface area contributed by atoms with Gasteiger partial charge in [0.2, 0.25) is 11.8 Å². The van der Waals surface area contributed by atoms with Crippen LogP contribution in [0.25, 0.3) is 0 Å². The molecule has 6 nitrogen and oxygen atoms in total. The van der Waals surface area contributed by atoms with Gasteiger partial charge in [0.1, 0.15) is 5.82 Å². The smallest absolute Gasteiger partial charge is 0.308 e. The summed E-state index contributed by atoms with van der Waals surface area (Å²) in [6.45, 7) is -0.282. The fourth-order valence-electron chi connectivity index (χ4n) is 2.02. The molecule has 1 atom stereocenters. The van der Waals surface area contributed by atoms with Crippen LogP contribution in [0.4, 0.5) is 10.1 Å². The molecule has 2 N–H and O–H groups in total. The molecule has 0 aromatic heterocycles. The largest absolute Gasteiger partial charge is 0.481 e. The highest BCUT2D eigenvalue weighted by atomic mass is 19.1. The average Bonchev–Trinajstić information content (AvgIpc) is 2.74. The van der Waals surface area contributed by atoms with Crippen molar-refractivity contribution in [2.45, 2.75) is 6.42 Å². The molecule has 1 aliphatic rings. The molecule has 1 fully saturated rings. The predicted octanol–water partition coefficient (Wildman–Crippen LogP) is 0.697. The van der Waals surface area contributed by atoms with Gasteiger partial charge in [-0.3, -0.25) is 14.4 Å². The van der Waals surface area contributed by atoms with E-state index >= 15 is 0 Å². The summed E-state index contributed by atoms with van der Waals surface area (Å²) in [6, 6.07) is 5.67. The number of benzene rings is 1. The zero-order valence-corrected chi connectivity index (χ0v) is 10.5. The molecule has 0 saturated carbocycles. The molecule has 1 aliphatic heterocycles. The van der Waals surface area contributed by atoms with Crippen LogP contribution in [0.15, 0.2) is 24.3 Å². The second kappa shape index (κ2) is 5.68. The highest BCUT2D eigenvalue weighted by Gasteiger charge is 2.35. The third-order valence-corrected chi connectivity index (χ3v) is 3.05. The molecule has 106 valence electrons. The summed E-state index contributed by atoms with van der Waals surface area (Å²) in [5.74, 6) is -3.37. The number of rotatable bonds is 4. The van der Waals surface area contributed by atoms with Gasteiger partial charge in [0, 0.05) is 13.0 Å². The maximum absolute atomic E-state index is 13.3. The lowest BCUT2D eigenvalue weighted by Gasteiger charge is -2.15. The molecule has 0 aliphatic carbocycles. The van der Waals surface area contributed by atoms with Crippen LogP contribution < -0.4 is 5.32 Å². The van der Waals surface area contributed by atoms with Gasteiger partial charge < -0.3 is 15.3 Å². The van der Waals surface area contributed by atoms with Crippen molar-refractivity contribution in [2.24, 2.45) is 5.92 Å². The van der Waals surface area contributed by atoms with Gasteiger partial charge in [0.25, 0.3) is 0 Å². The Morgan fingerprint density at radius 1 is 1.40 bits per heavy atom. The Kier molecular flexibility index (Phi) is 3.97.